The van der Waals surface area contributed by atoms with Crippen molar-refractivity contribution >= 4 is 32.5 Å². The van der Waals surface area contributed by atoms with Crippen LogP contribution in [0.25, 0.3) is 6.08 Å². The van der Waals surface area contributed by atoms with Crippen LogP contribution in [-0.4, -0.2) is 115 Å². The summed E-state index contributed by atoms with van der Waals surface area (Å²) in [6, 6.07) is 12.5. The summed E-state index contributed by atoms with van der Waals surface area (Å²) < 4.78 is 52.0. The van der Waals surface area contributed by atoms with E-state index in [4.69, 9.17) is 39.8 Å². The van der Waals surface area contributed by atoms with Gasteiger partial charge in [-0.15, -0.1) is 0 Å². The van der Waals surface area contributed by atoms with E-state index in [1.807, 2.05) is 6.07 Å². The van der Waals surface area contributed by atoms with Gasteiger partial charge in [-0.2, -0.15) is 0 Å². The molecule has 226 valence electrons. The first-order valence-electron chi connectivity index (χ1n) is 13.3. The van der Waals surface area contributed by atoms with Gasteiger partial charge in [-0.05, 0) is 11.6 Å². The van der Waals surface area contributed by atoms with Gasteiger partial charge in [0.25, 0.3) is 0 Å². The second-order valence-corrected chi connectivity index (χ2v) is 18.6. The lowest BCUT2D eigenvalue weighted by Crippen LogP contribution is -2.50. The minimum Gasteiger partial charge on any atom is -0.377 e. The molecule has 1 rings (SSSR count). The third kappa shape index (κ3) is 11.2. The molecular formula is C26H52NO9Si3+. The van der Waals surface area contributed by atoms with E-state index in [0.717, 1.165) is 67.1 Å². The van der Waals surface area contributed by atoms with Crippen LogP contribution >= 0.6 is 0 Å². The minimum atomic E-state index is -2.70. The van der Waals surface area contributed by atoms with Gasteiger partial charge in [0.15, 0.2) is 0 Å². The van der Waals surface area contributed by atoms with E-state index < -0.39 is 26.4 Å². The van der Waals surface area contributed by atoms with Crippen LogP contribution in [0.4, 0.5) is 0 Å². The predicted octanol–water partition coefficient (Wildman–Crippen LogP) is 4.28. The Hall–Kier alpha value is -0.789. The molecule has 0 spiro atoms. The summed E-state index contributed by atoms with van der Waals surface area (Å²) in [6.07, 6.45) is 7.11. The maximum absolute atomic E-state index is 5.70. The Morgan fingerprint density at radius 2 is 0.821 bits per heavy atom. The zero-order valence-corrected chi connectivity index (χ0v) is 28.5. The Morgan fingerprint density at radius 1 is 0.513 bits per heavy atom. The standard InChI is InChI=1S/C26H52NO9Si3/c1-28-37(29-2,30-3)23-13-19-27(22-18-26-16-11-10-12-17-26,20-14-24-38(31-4,32-5)33-6)21-15-25-39(34-7,35-8)36-9/h10-12,16-18,22H,13-15,19-21,23-25H2,1-9H3/q+1. The molecule has 0 aromatic heterocycles. The van der Waals surface area contributed by atoms with E-state index in [1.54, 1.807) is 64.0 Å². The maximum atomic E-state index is 5.70. The molecule has 1 aromatic carbocycles. The normalized spacial score (nSPS) is 13.5. The van der Waals surface area contributed by atoms with Gasteiger partial charge in [-0.3, -0.25) is 4.48 Å². The molecule has 13 heteroatoms. The third-order valence-corrected chi connectivity index (χ3v) is 15.9. The molecule has 10 nitrogen and oxygen atoms in total. The molecule has 0 aliphatic carbocycles. The van der Waals surface area contributed by atoms with Crippen LogP contribution in [0.5, 0.6) is 0 Å². The molecule has 0 saturated heterocycles. The Balaban J connectivity index is 3.31. The molecule has 0 aliphatic heterocycles. The van der Waals surface area contributed by atoms with E-state index in [-0.39, 0.29) is 0 Å². The Labute approximate surface area is 239 Å². The number of nitrogens with zero attached hydrogens (tertiary/aromatic N) is 1. The van der Waals surface area contributed by atoms with Gasteiger partial charge >= 0.3 is 26.4 Å². The van der Waals surface area contributed by atoms with Crippen molar-refractivity contribution in [2.75, 3.05) is 83.6 Å². The Kier molecular flexibility index (Phi) is 17.3. The van der Waals surface area contributed by atoms with Gasteiger partial charge in [0.05, 0.1) is 25.8 Å². The summed E-state index contributed by atoms with van der Waals surface area (Å²) in [6.45, 7) is 2.62. The molecule has 0 atom stereocenters. The van der Waals surface area contributed by atoms with Gasteiger partial charge in [-0.1, -0.05) is 30.3 Å². The van der Waals surface area contributed by atoms with E-state index in [0.29, 0.717) is 0 Å². The van der Waals surface area contributed by atoms with E-state index in [1.165, 1.54) is 0 Å². The van der Waals surface area contributed by atoms with Gasteiger partial charge in [0.2, 0.25) is 0 Å². The summed E-state index contributed by atoms with van der Waals surface area (Å²) >= 11 is 0. The van der Waals surface area contributed by atoms with Crippen molar-refractivity contribution < 1.29 is 44.3 Å². The molecule has 0 unspecified atom stereocenters. The van der Waals surface area contributed by atoms with Crippen molar-refractivity contribution in [3.8, 4) is 0 Å². The summed E-state index contributed by atoms with van der Waals surface area (Å²) in [7, 11) is 6.82. The summed E-state index contributed by atoms with van der Waals surface area (Å²) in [4.78, 5) is 0. The number of quaternary nitrogens is 1. The second kappa shape index (κ2) is 18.6. The zero-order chi connectivity index (χ0) is 29.3. The zero-order valence-electron chi connectivity index (χ0n) is 25.5. The van der Waals surface area contributed by atoms with Crippen molar-refractivity contribution in [3.63, 3.8) is 0 Å². The highest BCUT2D eigenvalue weighted by atomic mass is 28.4. The smallest absolute Gasteiger partial charge is 0.377 e. The second-order valence-electron chi connectivity index (χ2n) is 9.31. The minimum absolute atomic E-state index is 0.718. The molecule has 0 saturated carbocycles. The van der Waals surface area contributed by atoms with Crippen molar-refractivity contribution in [1.29, 1.82) is 0 Å². The molecule has 0 fully saturated rings. The van der Waals surface area contributed by atoms with Gasteiger partial charge in [0, 0.05) is 101 Å². The highest BCUT2D eigenvalue weighted by Crippen LogP contribution is 2.25. The topological polar surface area (TPSA) is 83.1 Å². The molecule has 0 radical (unpaired) electrons. The van der Waals surface area contributed by atoms with Crippen LogP contribution in [0, 0.1) is 0 Å². The van der Waals surface area contributed by atoms with Gasteiger partial charge in [0.1, 0.15) is 0 Å². The lowest BCUT2D eigenvalue weighted by atomic mass is 10.2. The van der Waals surface area contributed by atoms with Crippen LogP contribution < -0.4 is 0 Å². The number of benzene rings is 1. The molecule has 0 bridgehead atoms. The van der Waals surface area contributed by atoms with Crippen LogP contribution in [0.15, 0.2) is 36.5 Å². The maximum Gasteiger partial charge on any atom is 0.500 e. The first kappa shape index (κ1) is 36.2. The van der Waals surface area contributed by atoms with E-state index >= 15 is 0 Å². The van der Waals surface area contributed by atoms with E-state index in [9.17, 15) is 0 Å². The van der Waals surface area contributed by atoms with Crippen molar-refractivity contribution in [3.05, 3.63) is 42.1 Å². The number of hydrogen-bond acceptors (Lipinski definition) is 9. The van der Waals surface area contributed by atoms with Crippen LogP contribution in [0.2, 0.25) is 18.1 Å². The largest absolute Gasteiger partial charge is 0.500 e. The monoisotopic (exact) mass is 606 g/mol. The lowest BCUT2D eigenvalue weighted by Gasteiger charge is -2.37. The number of rotatable bonds is 23. The quantitative estimate of drug-likeness (QED) is 0.134. The Morgan fingerprint density at radius 3 is 1.10 bits per heavy atom. The van der Waals surface area contributed by atoms with E-state index in [2.05, 4.69) is 36.5 Å². The molecule has 0 aliphatic rings. The summed E-state index contributed by atoms with van der Waals surface area (Å²) in [5, 5.41) is 0. The average Bonchev–Trinajstić information content (AvgIpc) is 3.00. The van der Waals surface area contributed by atoms with Crippen LogP contribution in [-0.2, 0) is 39.8 Å². The van der Waals surface area contributed by atoms with Crippen LogP contribution in [0.1, 0.15) is 24.8 Å². The van der Waals surface area contributed by atoms with Crippen molar-refractivity contribution in [1.82, 2.24) is 0 Å². The molecule has 0 heterocycles. The van der Waals surface area contributed by atoms with Crippen molar-refractivity contribution in [2.45, 2.75) is 37.4 Å². The summed E-state index contributed by atoms with van der Waals surface area (Å²) in [5.41, 5.74) is 1.15. The van der Waals surface area contributed by atoms with Gasteiger partial charge < -0.3 is 39.8 Å². The fraction of sp³-hybridized carbons (Fsp3) is 0.692. The molecule has 0 N–H and O–H groups in total. The fourth-order valence-electron chi connectivity index (χ4n) is 4.87. The molecule has 1 aromatic rings. The fourth-order valence-corrected chi connectivity index (χ4v) is 9.98. The van der Waals surface area contributed by atoms with Crippen LogP contribution in [0.3, 0.4) is 0 Å². The summed E-state index contributed by atoms with van der Waals surface area (Å²) in [5.74, 6) is 0. The first-order valence-corrected chi connectivity index (χ1v) is 19.1. The predicted molar refractivity (Wildman–Crippen MR) is 159 cm³/mol. The molecular weight excluding hydrogens is 555 g/mol. The highest BCUT2D eigenvalue weighted by molar-refractivity contribution is 6.61. The lowest BCUT2D eigenvalue weighted by molar-refractivity contribution is -0.879. The average molecular weight is 607 g/mol. The SMILES string of the molecule is CO[Si](CCC[N+](C=Cc1ccccc1)(CCC[Si](OC)(OC)OC)CCC[Si](OC)(OC)OC)(OC)OC. The highest BCUT2D eigenvalue weighted by Gasteiger charge is 2.42. The van der Waals surface area contributed by atoms with Crippen molar-refractivity contribution in [2.24, 2.45) is 0 Å². The van der Waals surface area contributed by atoms with Gasteiger partial charge in [-0.25, -0.2) is 0 Å². The molecule has 0 amide bonds. The number of hydrogen-bond donors (Lipinski definition) is 0. The Bertz CT molecular complexity index is 703. The first-order chi connectivity index (χ1) is 18.7. The third-order valence-electron chi connectivity index (χ3n) is 7.44. The molecule has 39 heavy (non-hydrogen) atoms.